The van der Waals surface area contributed by atoms with Gasteiger partial charge in [-0.1, -0.05) is 6.92 Å². The van der Waals surface area contributed by atoms with Crippen LogP contribution in [0, 0.1) is 0 Å². The van der Waals surface area contributed by atoms with Gasteiger partial charge in [0.15, 0.2) is 6.61 Å². The number of hydrogen-bond donors (Lipinski definition) is 1. The maximum atomic E-state index is 12.4. The van der Waals surface area contributed by atoms with Crippen molar-refractivity contribution in [1.82, 2.24) is 10.2 Å². The van der Waals surface area contributed by atoms with Crippen molar-refractivity contribution in [2.24, 2.45) is 0 Å². The molecule has 26 heavy (non-hydrogen) atoms. The van der Waals surface area contributed by atoms with Gasteiger partial charge in [-0.25, -0.2) is 4.79 Å². The number of amides is 3. The van der Waals surface area contributed by atoms with Crippen molar-refractivity contribution in [3.63, 3.8) is 0 Å². The quantitative estimate of drug-likeness (QED) is 0.399. The Labute approximate surface area is 151 Å². The highest BCUT2D eigenvalue weighted by molar-refractivity contribution is 6.21. The molecule has 0 saturated carbocycles. The van der Waals surface area contributed by atoms with Crippen molar-refractivity contribution in [2.45, 2.75) is 19.8 Å². The number of imide groups is 1. The summed E-state index contributed by atoms with van der Waals surface area (Å²) in [6.07, 6.45) is 1.31. The van der Waals surface area contributed by atoms with Crippen LogP contribution in [-0.2, 0) is 14.3 Å². The Hall–Kier alpha value is -2.74. The van der Waals surface area contributed by atoms with Gasteiger partial charge in [0.2, 0.25) is 0 Å². The Bertz CT molecular complexity index is 716. The molecule has 0 fully saturated rings. The summed E-state index contributed by atoms with van der Waals surface area (Å²) in [6.45, 7) is 2.70. The molecule has 8 nitrogen and oxygen atoms in total. The fraction of sp³-hybridized carbons (Fsp3) is 0.444. The second-order valence-corrected chi connectivity index (χ2v) is 5.79. The minimum atomic E-state index is -0.725. The van der Waals surface area contributed by atoms with Crippen molar-refractivity contribution in [1.29, 1.82) is 0 Å². The smallest absolute Gasteiger partial charge is 0.338 e. The monoisotopic (exact) mass is 362 g/mol. The molecule has 8 heteroatoms. The van der Waals surface area contributed by atoms with Crippen LogP contribution in [0.5, 0.6) is 0 Å². The van der Waals surface area contributed by atoms with E-state index in [-0.39, 0.29) is 29.1 Å². The van der Waals surface area contributed by atoms with E-state index in [4.69, 9.17) is 9.47 Å². The molecule has 0 atom stereocenters. The first-order valence-corrected chi connectivity index (χ1v) is 8.42. The van der Waals surface area contributed by atoms with Gasteiger partial charge in [0.1, 0.15) is 0 Å². The van der Waals surface area contributed by atoms with Gasteiger partial charge in [0.05, 0.1) is 16.7 Å². The van der Waals surface area contributed by atoms with Crippen molar-refractivity contribution >= 4 is 23.7 Å². The predicted molar refractivity (Wildman–Crippen MR) is 91.9 cm³/mol. The lowest BCUT2D eigenvalue weighted by Crippen LogP contribution is -2.31. The molecule has 0 saturated heterocycles. The van der Waals surface area contributed by atoms with Crippen LogP contribution >= 0.6 is 0 Å². The van der Waals surface area contributed by atoms with Gasteiger partial charge >= 0.3 is 5.97 Å². The third-order valence-corrected chi connectivity index (χ3v) is 3.84. The summed E-state index contributed by atoms with van der Waals surface area (Å²) in [4.78, 5) is 49.4. The summed E-state index contributed by atoms with van der Waals surface area (Å²) in [6, 6.07) is 4.17. The first-order valence-electron chi connectivity index (χ1n) is 8.42. The van der Waals surface area contributed by atoms with E-state index in [0.717, 1.165) is 11.3 Å². The average molecular weight is 362 g/mol. The molecule has 1 aromatic carbocycles. The number of carbonyl (C=O) groups is 4. The van der Waals surface area contributed by atoms with E-state index in [1.54, 1.807) is 7.11 Å². The number of fused-ring (bicyclic) bond motifs is 1. The van der Waals surface area contributed by atoms with Crippen LogP contribution in [0.4, 0.5) is 0 Å². The van der Waals surface area contributed by atoms with Gasteiger partial charge < -0.3 is 14.8 Å². The lowest BCUT2D eigenvalue weighted by molar-refractivity contribution is -0.124. The topological polar surface area (TPSA) is 102 Å². The van der Waals surface area contributed by atoms with Gasteiger partial charge in [-0.3, -0.25) is 19.3 Å². The zero-order valence-corrected chi connectivity index (χ0v) is 14.9. The highest BCUT2D eigenvalue weighted by Gasteiger charge is 2.35. The highest BCUT2D eigenvalue weighted by atomic mass is 16.5. The van der Waals surface area contributed by atoms with E-state index in [2.05, 4.69) is 5.32 Å². The van der Waals surface area contributed by atoms with Crippen LogP contribution in [0.25, 0.3) is 0 Å². The predicted octanol–water partition coefficient (Wildman–Crippen LogP) is 1.00. The molecule has 0 bridgehead atoms. The molecule has 0 spiro atoms. The molecular formula is C18H22N2O6. The standard InChI is InChI=1S/C18H22N2O6/c1-3-7-19-15(21)11-26-18(24)12-5-6-13-14(10-12)17(23)20(16(13)22)8-4-9-25-2/h5-6,10H,3-4,7-9,11H2,1-2H3,(H,19,21). The maximum Gasteiger partial charge on any atom is 0.338 e. The SMILES string of the molecule is CCCNC(=O)COC(=O)c1ccc2c(c1)C(=O)N(CCCOC)C2=O. The van der Waals surface area contributed by atoms with E-state index in [0.29, 0.717) is 19.6 Å². The molecule has 0 aliphatic carbocycles. The van der Waals surface area contributed by atoms with Gasteiger partial charge in [0.25, 0.3) is 17.7 Å². The fourth-order valence-corrected chi connectivity index (χ4v) is 2.52. The summed E-state index contributed by atoms with van der Waals surface area (Å²) >= 11 is 0. The molecule has 1 aliphatic heterocycles. The first-order chi connectivity index (χ1) is 12.5. The van der Waals surface area contributed by atoms with Crippen molar-refractivity contribution in [2.75, 3.05) is 33.4 Å². The number of esters is 1. The van der Waals surface area contributed by atoms with Crippen LogP contribution in [0.1, 0.15) is 50.8 Å². The zero-order valence-electron chi connectivity index (χ0n) is 14.9. The Kier molecular flexibility index (Phi) is 6.85. The van der Waals surface area contributed by atoms with E-state index >= 15 is 0 Å². The first kappa shape index (κ1) is 19.6. The Balaban J connectivity index is 2.03. The van der Waals surface area contributed by atoms with E-state index in [1.807, 2.05) is 6.92 Å². The summed E-state index contributed by atoms with van der Waals surface area (Å²) in [5, 5.41) is 2.59. The van der Waals surface area contributed by atoms with E-state index in [9.17, 15) is 19.2 Å². The Morgan fingerprint density at radius 3 is 2.58 bits per heavy atom. The summed E-state index contributed by atoms with van der Waals surface area (Å²) in [5.41, 5.74) is 0.536. The molecule has 1 aliphatic rings. The molecule has 1 N–H and O–H groups in total. The lowest BCUT2D eigenvalue weighted by atomic mass is 10.1. The minimum Gasteiger partial charge on any atom is -0.452 e. The van der Waals surface area contributed by atoms with Gasteiger partial charge in [-0.2, -0.15) is 0 Å². The molecule has 140 valence electrons. The van der Waals surface area contributed by atoms with Crippen LogP contribution in [0.15, 0.2) is 18.2 Å². The summed E-state index contributed by atoms with van der Waals surface area (Å²) in [5.74, 6) is -1.95. The molecule has 0 aromatic heterocycles. The van der Waals surface area contributed by atoms with Crippen molar-refractivity contribution in [3.8, 4) is 0 Å². The van der Waals surface area contributed by atoms with Gasteiger partial charge in [-0.05, 0) is 31.0 Å². The third-order valence-electron chi connectivity index (χ3n) is 3.84. The maximum absolute atomic E-state index is 12.4. The minimum absolute atomic E-state index is 0.118. The number of ether oxygens (including phenoxy) is 2. The number of carbonyl (C=O) groups excluding carboxylic acids is 4. The average Bonchev–Trinajstić information content (AvgIpc) is 2.88. The zero-order chi connectivity index (χ0) is 19.1. The van der Waals surface area contributed by atoms with E-state index in [1.165, 1.54) is 18.2 Å². The lowest BCUT2D eigenvalue weighted by Gasteiger charge is -2.12. The number of rotatable bonds is 9. The molecular weight excluding hydrogens is 340 g/mol. The fourth-order valence-electron chi connectivity index (χ4n) is 2.52. The second-order valence-electron chi connectivity index (χ2n) is 5.79. The molecule has 3 amide bonds. The molecule has 1 heterocycles. The number of nitrogens with zero attached hydrogens (tertiary/aromatic N) is 1. The van der Waals surface area contributed by atoms with E-state index < -0.39 is 24.4 Å². The van der Waals surface area contributed by atoms with Crippen molar-refractivity contribution in [3.05, 3.63) is 34.9 Å². The number of methoxy groups -OCH3 is 1. The number of hydrogen-bond acceptors (Lipinski definition) is 6. The summed E-state index contributed by atoms with van der Waals surface area (Å²) < 4.78 is 9.87. The van der Waals surface area contributed by atoms with Crippen molar-refractivity contribution < 1.29 is 28.7 Å². The Morgan fingerprint density at radius 1 is 1.15 bits per heavy atom. The number of benzene rings is 1. The number of nitrogens with one attached hydrogen (secondary N) is 1. The van der Waals surface area contributed by atoms with Crippen LogP contribution in [-0.4, -0.2) is 62.0 Å². The highest BCUT2D eigenvalue weighted by Crippen LogP contribution is 2.24. The third kappa shape index (κ3) is 4.45. The molecule has 0 radical (unpaired) electrons. The summed E-state index contributed by atoms with van der Waals surface area (Å²) in [7, 11) is 1.54. The second kappa shape index (κ2) is 9.10. The normalized spacial score (nSPS) is 12.9. The molecule has 1 aromatic rings. The van der Waals surface area contributed by atoms with Gasteiger partial charge in [0, 0.05) is 26.8 Å². The molecule has 2 rings (SSSR count). The van der Waals surface area contributed by atoms with Crippen LogP contribution < -0.4 is 5.32 Å². The largest absolute Gasteiger partial charge is 0.452 e. The van der Waals surface area contributed by atoms with Crippen LogP contribution in [0.2, 0.25) is 0 Å². The molecule has 0 unspecified atom stereocenters. The van der Waals surface area contributed by atoms with Crippen LogP contribution in [0.3, 0.4) is 0 Å². The Morgan fingerprint density at radius 2 is 1.88 bits per heavy atom. The van der Waals surface area contributed by atoms with Gasteiger partial charge in [-0.15, -0.1) is 0 Å².